The largest absolute Gasteiger partial charge is 0.385 e. The molecule has 0 bridgehead atoms. The van der Waals surface area contributed by atoms with E-state index in [1.165, 1.54) is 5.56 Å². The smallest absolute Gasteiger partial charge is 0.239 e. The van der Waals surface area contributed by atoms with Crippen LogP contribution in [0.5, 0.6) is 0 Å². The number of likely N-dealkylation sites (N-methyl/N-ethyl adjacent to an activating group) is 1. The summed E-state index contributed by atoms with van der Waals surface area (Å²) < 4.78 is 4.95. The molecule has 0 aliphatic carbocycles. The Hall–Kier alpha value is -1.39. The van der Waals surface area contributed by atoms with Crippen LogP contribution in [0.3, 0.4) is 0 Å². The zero-order valence-corrected chi connectivity index (χ0v) is 12.2. The number of nitrogens with two attached hydrogens (primary N) is 1. The molecule has 0 heterocycles. The highest BCUT2D eigenvalue weighted by atomic mass is 16.5. The topological polar surface area (TPSA) is 55.6 Å². The third-order valence-electron chi connectivity index (χ3n) is 3.44. The minimum atomic E-state index is -0.502. The highest BCUT2D eigenvalue weighted by Crippen LogP contribution is 2.19. The summed E-state index contributed by atoms with van der Waals surface area (Å²) in [6, 6.07) is 7.71. The van der Waals surface area contributed by atoms with E-state index in [2.05, 4.69) is 12.1 Å². The lowest BCUT2D eigenvalue weighted by atomic mass is 10.0. The van der Waals surface area contributed by atoms with Crippen LogP contribution in [0.25, 0.3) is 0 Å². The van der Waals surface area contributed by atoms with Crippen molar-refractivity contribution >= 4 is 5.91 Å². The van der Waals surface area contributed by atoms with Crippen molar-refractivity contribution in [2.75, 3.05) is 20.8 Å². The Kier molecular flexibility index (Phi) is 5.99. The van der Waals surface area contributed by atoms with Crippen LogP contribution in [0.2, 0.25) is 0 Å². The van der Waals surface area contributed by atoms with Crippen LogP contribution in [-0.4, -0.2) is 37.6 Å². The average molecular weight is 264 g/mol. The second-order valence-electron chi connectivity index (χ2n) is 4.92. The van der Waals surface area contributed by atoms with Crippen molar-refractivity contribution < 1.29 is 9.53 Å². The summed E-state index contributed by atoms with van der Waals surface area (Å²) in [7, 11) is 3.40. The van der Waals surface area contributed by atoms with E-state index >= 15 is 0 Å². The number of hydrogen-bond donors (Lipinski definition) is 1. The maximum absolute atomic E-state index is 12.2. The molecule has 0 saturated carbocycles. The number of aryl methyl sites for hydroxylation is 1. The molecule has 0 spiro atoms. The van der Waals surface area contributed by atoms with Gasteiger partial charge in [-0.05, 0) is 25.8 Å². The van der Waals surface area contributed by atoms with E-state index in [-0.39, 0.29) is 11.9 Å². The summed E-state index contributed by atoms with van der Waals surface area (Å²) in [5.41, 5.74) is 8.19. The van der Waals surface area contributed by atoms with Crippen molar-refractivity contribution in [2.45, 2.75) is 32.4 Å². The summed E-state index contributed by atoms with van der Waals surface area (Å²) in [6.07, 6.45) is 0.542. The molecule has 1 rings (SSSR count). The first-order valence-corrected chi connectivity index (χ1v) is 6.55. The van der Waals surface area contributed by atoms with E-state index in [4.69, 9.17) is 10.5 Å². The van der Waals surface area contributed by atoms with E-state index in [0.29, 0.717) is 13.0 Å². The van der Waals surface area contributed by atoms with Crippen LogP contribution in [0.4, 0.5) is 0 Å². The minimum Gasteiger partial charge on any atom is -0.385 e. The molecule has 1 amide bonds. The molecular formula is C15H24N2O2. The molecule has 0 saturated heterocycles. The van der Waals surface area contributed by atoms with E-state index in [1.54, 1.807) is 19.1 Å². The van der Waals surface area contributed by atoms with E-state index in [0.717, 1.165) is 5.56 Å². The molecule has 2 unspecified atom stereocenters. The number of ether oxygens (including phenoxy) is 1. The van der Waals surface area contributed by atoms with Crippen molar-refractivity contribution in [1.29, 1.82) is 0 Å². The molecule has 4 nitrogen and oxygen atoms in total. The van der Waals surface area contributed by atoms with Crippen LogP contribution in [0, 0.1) is 6.92 Å². The SMILES string of the molecule is COCCC(N)C(=O)N(C)C(C)c1ccc(C)cc1. The van der Waals surface area contributed by atoms with E-state index in [1.807, 2.05) is 26.0 Å². The first kappa shape index (κ1) is 15.7. The number of rotatable bonds is 6. The minimum absolute atomic E-state index is 0.0155. The summed E-state index contributed by atoms with van der Waals surface area (Å²) in [5.74, 6) is -0.0508. The van der Waals surface area contributed by atoms with Gasteiger partial charge < -0.3 is 15.4 Å². The van der Waals surface area contributed by atoms with Crippen LogP contribution >= 0.6 is 0 Å². The summed E-state index contributed by atoms with van der Waals surface area (Å²) in [4.78, 5) is 13.9. The molecule has 1 aromatic rings. The van der Waals surface area contributed by atoms with Gasteiger partial charge in [0.25, 0.3) is 0 Å². The quantitative estimate of drug-likeness (QED) is 0.853. The second-order valence-corrected chi connectivity index (χ2v) is 4.92. The zero-order chi connectivity index (χ0) is 14.4. The summed E-state index contributed by atoms with van der Waals surface area (Å²) >= 11 is 0. The number of benzene rings is 1. The fraction of sp³-hybridized carbons (Fsp3) is 0.533. The van der Waals surface area contributed by atoms with Gasteiger partial charge in [-0.25, -0.2) is 0 Å². The van der Waals surface area contributed by atoms with Gasteiger partial charge in [0.15, 0.2) is 0 Å². The molecule has 0 aliphatic rings. The van der Waals surface area contributed by atoms with Crippen LogP contribution in [0.1, 0.15) is 30.5 Å². The highest BCUT2D eigenvalue weighted by Gasteiger charge is 2.22. The maximum atomic E-state index is 12.2. The van der Waals surface area contributed by atoms with Crippen molar-refractivity contribution in [3.05, 3.63) is 35.4 Å². The Morgan fingerprint density at radius 2 is 1.95 bits per heavy atom. The average Bonchev–Trinajstić information content (AvgIpc) is 2.43. The fourth-order valence-electron chi connectivity index (χ4n) is 1.89. The van der Waals surface area contributed by atoms with Gasteiger partial charge >= 0.3 is 0 Å². The molecule has 19 heavy (non-hydrogen) atoms. The van der Waals surface area contributed by atoms with Crippen molar-refractivity contribution in [1.82, 2.24) is 4.90 Å². The molecule has 0 fully saturated rings. The summed E-state index contributed by atoms with van der Waals surface area (Å²) in [5, 5.41) is 0. The van der Waals surface area contributed by atoms with Gasteiger partial charge in [-0.1, -0.05) is 29.8 Å². The van der Waals surface area contributed by atoms with Gasteiger partial charge in [0.05, 0.1) is 12.1 Å². The lowest BCUT2D eigenvalue weighted by molar-refractivity contribution is -0.133. The lowest BCUT2D eigenvalue weighted by Gasteiger charge is -2.28. The van der Waals surface area contributed by atoms with E-state index in [9.17, 15) is 4.79 Å². The third kappa shape index (κ3) is 4.33. The number of carbonyl (C=O) groups excluding carboxylic acids is 1. The fourth-order valence-corrected chi connectivity index (χ4v) is 1.89. The zero-order valence-electron chi connectivity index (χ0n) is 12.2. The maximum Gasteiger partial charge on any atom is 0.239 e. The Morgan fingerprint density at radius 1 is 1.37 bits per heavy atom. The van der Waals surface area contributed by atoms with Gasteiger partial charge in [0, 0.05) is 20.8 Å². The van der Waals surface area contributed by atoms with Gasteiger partial charge in [-0.15, -0.1) is 0 Å². The molecule has 2 N–H and O–H groups in total. The van der Waals surface area contributed by atoms with Crippen LogP contribution < -0.4 is 5.73 Å². The highest BCUT2D eigenvalue weighted by molar-refractivity contribution is 5.81. The molecule has 0 aliphatic heterocycles. The third-order valence-corrected chi connectivity index (χ3v) is 3.44. The van der Waals surface area contributed by atoms with Crippen molar-refractivity contribution in [2.24, 2.45) is 5.73 Å². The van der Waals surface area contributed by atoms with Gasteiger partial charge in [0.2, 0.25) is 5.91 Å². The Morgan fingerprint density at radius 3 is 2.47 bits per heavy atom. The number of amides is 1. The molecule has 1 aromatic carbocycles. The molecular weight excluding hydrogens is 240 g/mol. The van der Waals surface area contributed by atoms with Crippen molar-refractivity contribution in [3.8, 4) is 0 Å². The first-order valence-electron chi connectivity index (χ1n) is 6.55. The Balaban J connectivity index is 2.67. The molecule has 106 valence electrons. The summed E-state index contributed by atoms with van der Waals surface area (Å²) in [6.45, 7) is 4.55. The van der Waals surface area contributed by atoms with Crippen molar-refractivity contribution in [3.63, 3.8) is 0 Å². The predicted octanol–water partition coefficient (Wildman–Crippen LogP) is 1.88. The molecule has 2 atom stereocenters. The predicted molar refractivity (Wildman–Crippen MR) is 76.8 cm³/mol. The lowest BCUT2D eigenvalue weighted by Crippen LogP contribution is -2.43. The molecule has 0 aromatic heterocycles. The normalized spacial score (nSPS) is 13.9. The number of hydrogen-bond acceptors (Lipinski definition) is 3. The number of nitrogens with zero attached hydrogens (tertiary/aromatic N) is 1. The molecule has 0 radical (unpaired) electrons. The monoisotopic (exact) mass is 264 g/mol. The standard InChI is InChI=1S/C15H24N2O2/c1-11-5-7-13(8-6-11)12(2)17(3)15(18)14(16)9-10-19-4/h5-8,12,14H,9-10,16H2,1-4H3. The van der Waals surface area contributed by atoms with Gasteiger partial charge in [-0.2, -0.15) is 0 Å². The number of methoxy groups -OCH3 is 1. The van der Waals surface area contributed by atoms with Crippen LogP contribution in [0.15, 0.2) is 24.3 Å². The second kappa shape index (κ2) is 7.26. The Labute approximate surface area is 115 Å². The molecule has 4 heteroatoms. The van der Waals surface area contributed by atoms with E-state index < -0.39 is 6.04 Å². The van der Waals surface area contributed by atoms with Gasteiger partial charge in [0.1, 0.15) is 0 Å². The first-order chi connectivity index (χ1) is 8.97. The van der Waals surface area contributed by atoms with Gasteiger partial charge in [-0.3, -0.25) is 4.79 Å². The number of carbonyl (C=O) groups is 1. The van der Waals surface area contributed by atoms with Crippen LogP contribution in [-0.2, 0) is 9.53 Å². The Bertz CT molecular complexity index is 403.